The molecule has 35 heavy (non-hydrogen) atoms. The van der Waals surface area contributed by atoms with Crippen molar-refractivity contribution in [2.45, 2.75) is 18.8 Å². The van der Waals surface area contributed by atoms with Crippen LogP contribution in [-0.4, -0.2) is 36.2 Å². The maximum absolute atomic E-state index is 12.9. The first-order chi connectivity index (χ1) is 16.9. The zero-order valence-electron chi connectivity index (χ0n) is 18.7. The van der Waals surface area contributed by atoms with E-state index >= 15 is 0 Å². The molecule has 0 atom stereocenters. The quantitative estimate of drug-likeness (QED) is 0.417. The first kappa shape index (κ1) is 22.9. The number of carbonyl (C=O) groups excluding carboxylic acids is 2. The fourth-order valence-corrected chi connectivity index (χ4v) is 4.70. The molecule has 3 aromatic carbocycles. The third-order valence-electron chi connectivity index (χ3n) is 6.71. The SMILES string of the molecule is O=C(NCC1(C(=O)Nc2cc(C(=O)O)ccc2Cl)CC1)OCC1c2ccccc2-c2ccccc21. The molecule has 7 nitrogen and oxygen atoms in total. The lowest BCUT2D eigenvalue weighted by molar-refractivity contribution is -0.120. The predicted molar refractivity (Wildman–Crippen MR) is 132 cm³/mol. The predicted octanol–water partition coefficient (Wildman–Crippen LogP) is 5.30. The summed E-state index contributed by atoms with van der Waals surface area (Å²) in [5.41, 5.74) is 4.02. The second kappa shape index (κ2) is 9.07. The van der Waals surface area contributed by atoms with Gasteiger partial charge in [0.05, 0.1) is 21.7 Å². The van der Waals surface area contributed by atoms with Gasteiger partial charge in [0.2, 0.25) is 5.91 Å². The average Bonchev–Trinajstić information content (AvgIpc) is 3.59. The highest BCUT2D eigenvalue weighted by Crippen LogP contribution is 2.47. The van der Waals surface area contributed by atoms with Crippen LogP contribution in [0.5, 0.6) is 0 Å². The van der Waals surface area contributed by atoms with Crippen LogP contribution in [0.4, 0.5) is 10.5 Å². The number of rotatable bonds is 7. The zero-order chi connectivity index (χ0) is 24.6. The molecular formula is C27H23ClN2O5. The third-order valence-corrected chi connectivity index (χ3v) is 7.04. The maximum Gasteiger partial charge on any atom is 0.407 e. The summed E-state index contributed by atoms with van der Waals surface area (Å²) < 4.78 is 5.55. The average molecular weight is 491 g/mol. The second-order valence-electron chi connectivity index (χ2n) is 8.91. The van der Waals surface area contributed by atoms with Gasteiger partial charge in [0, 0.05) is 12.5 Å². The highest BCUT2D eigenvalue weighted by atomic mass is 35.5. The van der Waals surface area contributed by atoms with E-state index in [0.29, 0.717) is 12.8 Å². The van der Waals surface area contributed by atoms with E-state index in [2.05, 4.69) is 34.9 Å². The molecule has 3 aromatic rings. The molecule has 2 amide bonds. The molecule has 0 heterocycles. The Morgan fingerprint density at radius 1 is 0.971 bits per heavy atom. The van der Waals surface area contributed by atoms with Crippen molar-refractivity contribution in [1.29, 1.82) is 0 Å². The fraction of sp³-hybridized carbons (Fsp3) is 0.222. The number of alkyl carbamates (subject to hydrolysis) is 1. The van der Waals surface area contributed by atoms with Gasteiger partial charge < -0.3 is 20.5 Å². The molecule has 2 aliphatic rings. The zero-order valence-corrected chi connectivity index (χ0v) is 19.5. The van der Waals surface area contributed by atoms with Crippen LogP contribution in [0, 0.1) is 5.41 Å². The number of ether oxygens (including phenoxy) is 1. The molecular weight excluding hydrogens is 468 g/mol. The molecule has 0 saturated heterocycles. The molecule has 0 aliphatic heterocycles. The van der Waals surface area contributed by atoms with Crippen molar-refractivity contribution in [3.05, 3.63) is 88.4 Å². The van der Waals surface area contributed by atoms with Gasteiger partial charge >= 0.3 is 12.1 Å². The van der Waals surface area contributed by atoms with Crippen molar-refractivity contribution in [2.24, 2.45) is 5.41 Å². The van der Waals surface area contributed by atoms with Crippen LogP contribution in [0.15, 0.2) is 66.7 Å². The van der Waals surface area contributed by atoms with Crippen molar-refractivity contribution in [1.82, 2.24) is 5.32 Å². The summed E-state index contributed by atoms with van der Waals surface area (Å²) in [4.78, 5) is 36.6. The van der Waals surface area contributed by atoms with Gasteiger partial charge in [-0.2, -0.15) is 0 Å². The van der Waals surface area contributed by atoms with Crippen molar-refractivity contribution in [2.75, 3.05) is 18.5 Å². The normalized spacial score (nSPS) is 15.0. The summed E-state index contributed by atoms with van der Waals surface area (Å²) in [6.45, 7) is 0.308. The summed E-state index contributed by atoms with van der Waals surface area (Å²) in [7, 11) is 0. The topological polar surface area (TPSA) is 105 Å². The van der Waals surface area contributed by atoms with E-state index in [1.807, 2.05) is 24.3 Å². The molecule has 5 rings (SSSR count). The number of halogens is 1. The minimum Gasteiger partial charge on any atom is -0.478 e. The number of amides is 2. The van der Waals surface area contributed by atoms with Crippen molar-refractivity contribution in [3.8, 4) is 11.1 Å². The Morgan fingerprint density at radius 2 is 1.60 bits per heavy atom. The van der Waals surface area contributed by atoms with Crippen molar-refractivity contribution < 1.29 is 24.2 Å². The van der Waals surface area contributed by atoms with Crippen LogP contribution in [-0.2, 0) is 9.53 Å². The van der Waals surface area contributed by atoms with Gasteiger partial charge in [-0.1, -0.05) is 60.1 Å². The number of anilines is 1. The minimum absolute atomic E-state index is 0.0197. The Morgan fingerprint density at radius 3 is 2.20 bits per heavy atom. The molecule has 3 N–H and O–H groups in total. The minimum atomic E-state index is -1.12. The van der Waals surface area contributed by atoms with E-state index in [1.54, 1.807) is 0 Å². The Labute approximate surface area is 207 Å². The maximum atomic E-state index is 12.9. The Balaban J connectivity index is 1.19. The molecule has 178 valence electrons. The first-order valence-corrected chi connectivity index (χ1v) is 11.7. The van der Waals surface area contributed by atoms with Crippen molar-refractivity contribution in [3.63, 3.8) is 0 Å². The number of hydrogen-bond acceptors (Lipinski definition) is 4. The van der Waals surface area contributed by atoms with Gasteiger partial charge in [0.25, 0.3) is 0 Å². The second-order valence-corrected chi connectivity index (χ2v) is 9.32. The highest BCUT2D eigenvalue weighted by molar-refractivity contribution is 6.34. The van der Waals surface area contributed by atoms with Gasteiger partial charge in [-0.05, 0) is 53.3 Å². The van der Waals surface area contributed by atoms with E-state index in [1.165, 1.54) is 18.2 Å². The van der Waals surface area contributed by atoms with E-state index in [4.69, 9.17) is 16.3 Å². The molecule has 1 saturated carbocycles. The first-order valence-electron chi connectivity index (χ1n) is 11.3. The summed E-state index contributed by atoms with van der Waals surface area (Å²) >= 11 is 6.12. The molecule has 0 radical (unpaired) electrons. The lowest BCUT2D eigenvalue weighted by Crippen LogP contribution is -2.37. The number of aromatic carboxylic acids is 1. The van der Waals surface area contributed by atoms with Crippen LogP contribution < -0.4 is 10.6 Å². The summed E-state index contributed by atoms with van der Waals surface area (Å²) in [6.07, 6.45) is 0.606. The van der Waals surface area contributed by atoms with Crippen LogP contribution >= 0.6 is 11.6 Å². The number of benzene rings is 3. The third kappa shape index (κ3) is 4.47. The molecule has 0 aromatic heterocycles. The monoisotopic (exact) mass is 490 g/mol. The highest BCUT2D eigenvalue weighted by Gasteiger charge is 2.50. The number of carbonyl (C=O) groups is 3. The number of carboxylic acids is 1. The van der Waals surface area contributed by atoms with Crippen LogP contribution in [0.2, 0.25) is 5.02 Å². The van der Waals surface area contributed by atoms with E-state index in [-0.39, 0.29) is 41.3 Å². The number of carboxylic acid groups (broad SMARTS) is 1. The fourth-order valence-electron chi connectivity index (χ4n) is 4.53. The van der Waals surface area contributed by atoms with Crippen molar-refractivity contribution >= 4 is 35.3 Å². The Hall–Kier alpha value is -3.84. The van der Waals surface area contributed by atoms with Crippen LogP contribution in [0.25, 0.3) is 11.1 Å². The summed E-state index contributed by atoms with van der Waals surface area (Å²) in [6, 6.07) is 20.3. The van der Waals surface area contributed by atoms with Gasteiger partial charge in [-0.25, -0.2) is 9.59 Å². The number of hydrogen-bond donors (Lipinski definition) is 3. The summed E-state index contributed by atoms with van der Waals surface area (Å²) in [5.74, 6) is -1.48. The Kier molecular flexibility index (Phi) is 5.94. The van der Waals surface area contributed by atoms with E-state index in [0.717, 1.165) is 22.3 Å². The molecule has 0 unspecified atom stereocenters. The molecule has 8 heteroatoms. The number of fused-ring (bicyclic) bond motifs is 3. The van der Waals surface area contributed by atoms with Gasteiger partial charge in [-0.15, -0.1) is 0 Å². The Bertz CT molecular complexity index is 1290. The van der Waals surface area contributed by atoms with Crippen LogP contribution in [0.1, 0.15) is 40.2 Å². The molecule has 0 spiro atoms. The van der Waals surface area contributed by atoms with Crippen LogP contribution in [0.3, 0.4) is 0 Å². The van der Waals surface area contributed by atoms with Gasteiger partial charge in [0.15, 0.2) is 0 Å². The lowest BCUT2D eigenvalue weighted by atomic mass is 9.98. The summed E-state index contributed by atoms with van der Waals surface area (Å²) in [5, 5.41) is 14.8. The number of nitrogens with one attached hydrogen (secondary N) is 2. The van der Waals surface area contributed by atoms with E-state index < -0.39 is 17.5 Å². The van der Waals surface area contributed by atoms with Gasteiger partial charge in [0.1, 0.15) is 6.61 Å². The largest absolute Gasteiger partial charge is 0.478 e. The van der Waals surface area contributed by atoms with E-state index in [9.17, 15) is 19.5 Å². The molecule has 2 aliphatic carbocycles. The van der Waals surface area contributed by atoms with Gasteiger partial charge in [-0.3, -0.25) is 4.79 Å². The lowest BCUT2D eigenvalue weighted by Gasteiger charge is -2.18. The molecule has 0 bridgehead atoms. The smallest absolute Gasteiger partial charge is 0.407 e. The standard InChI is InChI=1S/C27H23ClN2O5/c28-22-10-9-16(24(31)32)13-23(22)30-25(33)27(11-12-27)15-29-26(34)35-14-21-19-7-3-1-5-17(19)18-6-2-4-8-20(18)21/h1-10,13,21H,11-12,14-15H2,(H,29,34)(H,30,33)(H,31,32). The molecule has 1 fully saturated rings.